The molecule has 2 aromatic carbocycles. The third-order valence-corrected chi connectivity index (χ3v) is 3.68. The van der Waals surface area contributed by atoms with Crippen molar-refractivity contribution in [3.8, 4) is 11.4 Å². The standard InChI is InChI=1S/C19H19N3O2/c1-14-7-9-16(10-8-14)19-21-18(24-22-19)12-11-17(23)20-13-15-5-3-2-4-6-15/h2-10H,11-13H2,1H3,(H,20,23). The summed E-state index contributed by atoms with van der Waals surface area (Å²) in [5.74, 6) is 0.990. The van der Waals surface area contributed by atoms with E-state index in [2.05, 4.69) is 15.5 Å². The summed E-state index contributed by atoms with van der Waals surface area (Å²) in [6.45, 7) is 2.55. The Morgan fingerprint density at radius 3 is 2.58 bits per heavy atom. The lowest BCUT2D eigenvalue weighted by atomic mass is 10.1. The highest BCUT2D eigenvalue weighted by Crippen LogP contribution is 2.16. The number of carbonyl (C=O) groups is 1. The zero-order valence-electron chi connectivity index (χ0n) is 13.5. The first kappa shape index (κ1) is 15.9. The van der Waals surface area contributed by atoms with E-state index in [4.69, 9.17) is 4.52 Å². The topological polar surface area (TPSA) is 68.0 Å². The largest absolute Gasteiger partial charge is 0.352 e. The fourth-order valence-corrected chi connectivity index (χ4v) is 2.28. The molecule has 0 bridgehead atoms. The second-order valence-corrected chi connectivity index (χ2v) is 5.64. The van der Waals surface area contributed by atoms with Crippen molar-refractivity contribution in [2.75, 3.05) is 0 Å². The number of nitrogens with one attached hydrogen (secondary N) is 1. The number of nitrogens with zero attached hydrogens (tertiary/aromatic N) is 2. The van der Waals surface area contributed by atoms with Gasteiger partial charge in [0, 0.05) is 24.9 Å². The minimum absolute atomic E-state index is 0.0334. The van der Waals surface area contributed by atoms with Gasteiger partial charge in [0.25, 0.3) is 0 Å². The Morgan fingerprint density at radius 2 is 1.83 bits per heavy atom. The van der Waals surface area contributed by atoms with Crippen molar-refractivity contribution in [3.05, 3.63) is 71.6 Å². The van der Waals surface area contributed by atoms with Crippen LogP contribution < -0.4 is 5.32 Å². The van der Waals surface area contributed by atoms with E-state index in [-0.39, 0.29) is 5.91 Å². The SMILES string of the molecule is Cc1ccc(-c2noc(CCC(=O)NCc3ccccc3)n2)cc1. The van der Waals surface area contributed by atoms with Crippen LogP contribution in [0.2, 0.25) is 0 Å². The quantitative estimate of drug-likeness (QED) is 0.756. The first-order chi connectivity index (χ1) is 11.7. The van der Waals surface area contributed by atoms with Gasteiger partial charge in [-0.2, -0.15) is 4.98 Å². The lowest BCUT2D eigenvalue weighted by Crippen LogP contribution is -2.22. The summed E-state index contributed by atoms with van der Waals surface area (Å²) in [5, 5.41) is 6.85. The zero-order valence-corrected chi connectivity index (χ0v) is 13.5. The Hall–Kier alpha value is -2.95. The molecule has 0 aliphatic heterocycles. The molecule has 5 heteroatoms. The molecule has 0 atom stereocenters. The highest BCUT2D eigenvalue weighted by atomic mass is 16.5. The fourth-order valence-electron chi connectivity index (χ4n) is 2.28. The molecular weight excluding hydrogens is 302 g/mol. The minimum Gasteiger partial charge on any atom is -0.352 e. The predicted octanol–water partition coefficient (Wildman–Crippen LogP) is 3.29. The average Bonchev–Trinajstić information content (AvgIpc) is 3.09. The summed E-state index contributed by atoms with van der Waals surface area (Å²) in [4.78, 5) is 16.2. The highest BCUT2D eigenvalue weighted by molar-refractivity contribution is 5.76. The van der Waals surface area contributed by atoms with Gasteiger partial charge >= 0.3 is 0 Å². The van der Waals surface area contributed by atoms with Crippen LogP contribution in [0.3, 0.4) is 0 Å². The summed E-state index contributed by atoms with van der Waals surface area (Å²) in [5.41, 5.74) is 3.16. The van der Waals surface area contributed by atoms with Gasteiger partial charge in [-0.3, -0.25) is 4.79 Å². The van der Waals surface area contributed by atoms with Crippen LogP contribution in [0, 0.1) is 6.92 Å². The molecule has 0 radical (unpaired) electrons. The van der Waals surface area contributed by atoms with Crippen LogP contribution in [0.4, 0.5) is 0 Å². The van der Waals surface area contributed by atoms with Gasteiger partial charge in [-0.05, 0) is 12.5 Å². The smallest absolute Gasteiger partial charge is 0.227 e. The van der Waals surface area contributed by atoms with Crippen molar-refractivity contribution in [1.29, 1.82) is 0 Å². The maximum absolute atomic E-state index is 11.9. The van der Waals surface area contributed by atoms with Gasteiger partial charge < -0.3 is 9.84 Å². The second-order valence-electron chi connectivity index (χ2n) is 5.64. The molecule has 0 aliphatic rings. The van der Waals surface area contributed by atoms with E-state index in [0.717, 1.165) is 11.1 Å². The van der Waals surface area contributed by atoms with Gasteiger partial charge in [-0.15, -0.1) is 0 Å². The lowest BCUT2D eigenvalue weighted by Gasteiger charge is -2.03. The summed E-state index contributed by atoms with van der Waals surface area (Å²) in [6, 6.07) is 17.7. The van der Waals surface area contributed by atoms with E-state index >= 15 is 0 Å². The van der Waals surface area contributed by atoms with Gasteiger partial charge in [-0.25, -0.2) is 0 Å². The van der Waals surface area contributed by atoms with E-state index in [9.17, 15) is 4.79 Å². The van der Waals surface area contributed by atoms with E-state index < -0.39 is 0 Å². The molecule has 1 amide bonds. The van der Waals surface area contributed by atoms with Crippen molar-refractivity contribution in [3.63, 3.8) is 0 Å². The Kier molecular flexibility index (Phi) is 5.01. The van der Waals surface area contributed by atoms with Crippen LogP contribution in [-0.2, 0) is 17.8 Å². The molecule has 1 aromatic heterocycles. The monoisotopic (exact) mass is 321 g/mol. The van der Waals surface area contributed by atoms with Gasteiger partial charge in [0.2, 0.25) is 17.6 Å². The molecule has 0 aliphatic carbocycles. The summed E-state index contributed by atoms with van der Waals surface area (Å²) in [7, 11) is 0. The number of carbonyl (C=O) groups excluding carboxylic acids is 1. The number of hydrogen-bond donors (Lipinski definition) is 1. The Balaban J connectivity index is 1.50. The number of rotatable bonds is 6. The van der Waals surface area contributed by atoms with Gasteiger partial charge in [0.15, 0.2) is 0 Å². The van der Waals surface area contributed by atoms with E-state index in [1.165, 1.54) is 5.56 Å². The van der Waals surface area contributed by atoms with Crippen LogP contribution in [0.25, 0.3) is 11.4 Å². The summed E-state index contributed by atoms with van der Waals surface area (Å²) in [6.07, 6.45) is 0.752. The molecule has 0 unspecified atom stereocenters. The first-order valence-corrected chi connectivity index (χ1v) is 7.91. The Labute approximate surface area is 140 Å². The second kappa shape index (κ2) is 7.55. The predicted molar refractivity (Wildman–Crippen MR) is 91.1 cm³/mol. The van der Waals surface area contributed by atoms with Crippen molar-refractivity contribution < 1.29 is 9.32 Å². The Bertz CT molecular complexity index is 795. The molecule has 24 heavy (non-hydrogen) atoms. The number of aromatic nitrogens is 2. The molecule has 3 aromatic rings. The highest BCUT2D eigenvalue weighted by Gasteiger charge is 2.10. The van der Waals surface area contributed by atoms with Crippen molar-refractivity contribution in [2.24, 2.45) is 0 Å². The molecule has 0 saturated carbocycles. The third-order valence-electron chi connectivity index (χ3n) is 3.68. The summed E-state index contributed by atoms with van der Waals surface area (Å²) < 4.78 is 5.22. The number of amides is 1. The molecular formula is C19H19N3O2. The molecule has 122 valence electrons. The zero-order chi connectivity index (χ0) is 16.8. The van der Waals surface area contributed by atoms with Crippen LogP contribution >= 0.6 is 0 Å². The van der Waals surface area contributed by atoms with Crippen molar-refractivity contribution in [1.82, 2.24) is 15.5 Å². The van der Waals surface area contributed by atoms with Crippen LogP contribution in [-0.4, -0.2) is 16.0 Å². The molecule has 5 nitrogen and oxygen atoms in total. The third kappa shape index (κ3) is 4.29. The average molecular weight is 321 g/mol. The molecule has 1 N–H and O–H groups in total. The summed E-state index contributed by atoms with van der Waals surface area (Å²) >= 11 is 0. The van der Waals surface area contributed by atoms with Crippen LogP contribution in [0.1, 0.15) is 23.4 Å². The van der Waals surface area contributed by atoms with Crippen molar-refractivity contribution in [2.45, 2.75) is 26.3 Å². The maximum Gasteiger partial charge on any atom is 0.227 e. The molecule has 1 heterocycles. The minimum atomic E-state index is -0.0334. The molecule has 3 rings (SSSR count). The van der Waals surface area contributed by atoms with Gasteiger partial charge in [-0.1, -0.05) is 65.3 Å². The molecule has 0 spiro atoms. The molecule has 0 fully saturated rings. The van der Waals surface area contributed by atoms with Crippen LogP contribution in [0.15, 0.2) is 59.1 Å². The Morgan fingerprint density at radius 1 is 1.08 bits per heavy atom. The van der Waals surface area contributed by atoms with Crippen LogP contribution in [0.5, 0.6) is 0 Å². The fraction of sp³-hybridized carbons (Fsp3) is 0.211. The lowest BCUT2D eigenvalue weighted by molar-refractivity contribution is -0.121. The first-order valence-electron chi connectivity index (χ1n) is 7.91. The normalized spacial score (nSPS) is 10.5. The van der Waals surface area contributed by atoms with Crippen molar-refractivity contribution >= 4 is 5.91 Å². The molecule has 0 saturated heterocycles. The maximum atomic E-state index is 11.9. The van der Waals surface area contributed by atoms with E-state index in [1.54, 1.807) is 0 Å². The van der Waals surface area contributed by atoms with Gasteiger partial charge in [0.05, 0.1) is 0 Å². The number of benzene rings is 2. The van der Waals surface area contributed by atoms with E-state index in [0.29, 0.717) is 31.1 Å². The number of aryl methyl sites for hydroxylation is 2. The van der Waals surface area contributed by atoms with Gasteiger partial charge in [0.1, 0.15) is 0 Å². The van der Waals surface area contributed by atoms with E-state index in [1.807, 2.05) is 61.5 Å². The number of hydrogen-bond acceptors (Lipinski definition) is 4.